The van der Waals surface area contributed by atoms with Gasteiger partial charge in [-0.05, 0) is 43.0 Å². The van der Waals surface area contributed by atoms with Crippen LogP contribution in [-0.2, 0) is 6.54 Å². The predicted molar refractivity (Wildman–Crippen MR) is 98.8 cm³/mol. The molecule has 1 fully saturated rings. The number of aromatic amines is 1. The molecule has 6 heteroatoms. The second kappa shape index (κ2) is 5.82. The molecule has 3 aromatic heterocycles. The van der Waals surface area contributed by atoms with Gasteiger partial charge in [0.1, 0.15) is 16.9 Å². The summed E-state index contributed by atoms with van der Waals surface area (Å²) in [5, 5.41) is 3.01. The van der Waals surface area contributed by atoms with Crippen LogP contribution in [0.25, 0.3) is 22.1 Å². The monoisotopic (exact) mass is 351 g/mol. The molecule has 1 atom stereocenters. The zero-order valence-corrected chi connectivity index (χ0v) is 14.4. The Bertz CT molecular complexity index is 1100. The molecule has 0 spiro atoms. The first-order valence-electron chi connectivity index (χ1n) is 8.47. The molecule has 0 amide bonds. The Morgan fingerprint density at radius 1 is 1.28 bits per heavy atom. The van der Waals surface area contributed by atoms with Gasteiger partial charge in [-0.15, -0.1) is 11.3 Å². The molecule has 1 saturated heterocycles. The fourth-order valence-corrected chi connectivity index (χ4v) is 4.63. The topological polar surface area (TPSA) is 62.1 Å². The summed E-state index contributed by atoms with van der Waals surface area (Å²) >= 11 is 1.79. The fourth-order valence-electron chi connectivity index (χ4n) is 3.73. The third kappa shape index (κ3) is 2.49. The fraction of sp³-hybridized carbons (Fsp3) is 0.263. The summed E-state index contributed by atoms with van der Waals surface area (Å²) in [6.45, 7) is 1.67. The number of benzene rings is 1. The van der Waals surface area contributed by atoms with E-state index in [-0.39, 0.29) is 5.56 Å². The Labute approximate surface area is 147 Å². The predicted octanol–water partition coefficient (Wildman–Crippen LogP) is 4.07. The summed E-state index contributed by atoms with van der Waals surface area (Å²) < 4.78 is 5.67. The molecule has 0 radical (unpaired) electrons. The standard InChI is InChI=1S/C19H17N3O2S/c23-19-18-17(12-5-1-2-7-14(12)24-18)20-16(21-19)11-22-9-3-6-13(22)15-8-4-10-25-15/h1-2,4-5,7-8,10,13H,3,6,9,11H2,(H,20,21,23). The number of H-pyrrole nitrogens is 1. The maximum Gasteiger partial charge on any atom is 0.294 e. The Balaban J connectivity index is 1.54. The molecule has 1 aliphatic rings. The molecule has 4 aromatic rings. The highest BCUT2D eigenvalue weighted by Gasteiger charge is 2.27. The van der Waals surface area contributed by atoms with Crippen molar-refractivity contribution in [2.45, 2.75) is 25.4 Å². The highest BCUT2D eigenvalue weighted by Crippen LogP contribution is 2.35. The second-order valence-electron chi connectivity index (χ2n) is 6.43. The number of fused-ring (bicyclic) bond motifs is 3. The number of hydrogen-bond acceptors (Lipinski definition) is 5. The van der Waals surface area contributed by atoms with Crippen molar-refractivity contribution in [3.63, 3.8) is 0 Å². The van der Waals surface area contributed by atoms with Crippen molar-refractivity contribution < 1.29 is 4.42 Å². The van der Waals surface area contributed by atoms with Crippen LogP contribution in [0.4, 0.5) is 0 Å². The van der Waals surface area contributed by atoms with Crippen molar-refractivity contribution in [1.29, 1.82) is 0 Å². The summed E-state index contributed by atoms with van der Waals surface area (Å²) in [4.78, 5) is 23.9. The van der Waals surface area contributed by atoms with Crippen LogP contribution in [0.2, 0.25) is 0 Å². The van der Waals surface area contributed by atoms with E-state index < -0.39 is 0 Å². The van der Waals surface area contributed by atoms with Crippen LogP contribution in [0.15, 0.2) is 51.0 Å². The normalized spacial score (nSPS) is 18.5. The van der Waals surface area contributed by atoms with Crippen molar-refractivity contribution in [2.75, 3.05) is 6.54 Å². The van der Waals surface area contributed by atoms with Crippen LogP contribution in [0.1, 0.15) is 29.6 Å². The molecule has 5 nitrogen and oxygen atoms in total. The van der Waals surface area contributed by atoms with E-state index in [1.807, 2.05) is 24.3 Å². The summed E-state index contributed by atoms with van der Waals surface area (Å²) in [5.74, 6) is 0.701. The summed E-state index contributed by atoms with van der Waals surface area (Å²) in [5.41, 5.74) is 1.45. The highest BCUT2D eigenvalue weighted by atomic mass is 32.1. The Morgan fingerprint density at radius 3 is 3.08 bits per heavy atom. The third-order valence-corrected chi connectivity index (χ3v) is 5.84. The molecule has 1 unspecified atom stereocenters. The average Bonchev–Trinajstić information content (AvgIpc) is 3.34. The first-order valence-corrected chi connectivity index (χ1v) is 9.35. The SMILES string of the molecule is O=c1[nH]c(CN2CCCC2c2cccs2)nc2c1oc1ccccc12. The maximum absolute atomic E-state index is 12.4. The van der Waals surface area contributed by atoms with Gasteiger partial charge < -0.3 is 9.40 Å². The molecular weight excluding hydrogens is 334 g/mol. The smallest absolute Gasteiger partial charge is 0.294 e. The van der Waals surface area contributed by atoms with Gasteiger partial charge in [-0.3, -0.25) is 9.69 Å². The Morgan fingerprint density at radius 2 is 2.20 bits per heavy atom. The van der Waals surface area contributed by atoms with Crippen molar-refractivity contribution in [3.05, 3.63) is 62.8 Å². The molecule has 25 heavy (non-hydrogen) atoms. The number of thiophene rings is 1. The molecule has 1 aliphatic heterocycles. The molecule has 0 saturated carbocycles. The number of rotatable bonds is 3. The highest BCUT2D eigenvalue weighted by molar-refractivity contribution is 7.10. The molecule has 5 rings (SSSR count). The van der Waals surface area contributed by atoms with E-state index in [2.05, 4.69) is 27.4 Å². The molecule has 1 N–H and O–H groups in total. The van der Waals surface area contributed by atoms with E-state index in [4.69, 9.17) is 9.40 Å². The van der Waals surface area contributed by atoms with Gasteiger partial charge in [-0.1, -0.05) is 18.2 Å². The third-order valence-electron chi connectivity index (χ3n) is 4.87. The number of para-hydroxylation sites is 1. The van der Waals surface area contributed by atoms with Crippen molar-refractivity contribution in [2.24, 2.45) is 0 Å². The van der Waals surface area contributed by atoms with Crippen LogP contribution < -0.4 is 5.56 Å². The summed E-state index contributed by atoms with van der Waals surface area (Å²) in [7, 11) is 0. The number of nitrogens with one attached hydrogen (secondary N) is 1. The van der Waals surface area contributed by atoms with E-state index in [0.29, 0.717) is 35.1 Å². The maximum atomic E-state index is 12.4. The Hall–Kier alpha value is -2.44. The van der Waals surface area contributed by atoms with Crippen molar-refractivity contribution >= 4 is 33.4 Å². The minimum absolute atomic E-state index is 0.205. The van der Waals surface area contributed by atoms with E-state index >= 15 is 0 Å². The van der Waals surface area contributed by atoms with Crippen LogP contribution in [0.3, 0.4) is 0 Å². The van der Waals surface area contributed by atoms with Gasteiger partial charge in [0.15, 0.2) is 0 Å². The summed E-state index contributed by atoms with van der Waals surface area (Å²) in [6, 6.07) is 12.4. The lowest BCUT2D eigenvalue weighted by Crippen LogP contribution is -2.25. The molecule has 0 bridgehead atoms. The van der Waals surface area contributed by atoms with Gasteiger partial charge in [-0.2, -0.15) is 0 Å². The van der Waals surface area contributed by atoms with Gasteiger partial charge >= 0.3 is 0 Å². The minimum atomic E-state index is -0.205. The first-order chi connectivity index (χ1) is 12.3. The number of aromatic nitrogens is 2. The number of furan rings is 1. The lowest BCUT2D eigenvalue weighted by molar-refractivity contribution is 0.245. The van der Waals surface area contributed by atoms with E-state index in [9.17, 15) is 4.79 Å². The Kier molecular flexibility index (Phi) is 3.46. The van der Waals surface area contributed by atoms with Gasteiger partial charge in [0, 0.05) is 16.3 Å². The van der Waals surface area contributed by atoms with Gasteiger partial charge in [0.2, 0.25) is 5.58 Å². The molecular formula is C19H17N3O2S. The van der Waals surface area contributed by atoms with Gasteiger partial charge in [0.05, 0.1) is 6.54 Å². The first kappa shape index (κ1) is 14.9. The number of likely N-dealkylation sites (tertiary alicyclic amines) is 1. The second-order valence-corrected chi connectivity index (χ2v) is 7.41. The zero-order chi connectivity index (χ0) is 16.8. The van der Waals surface area contributed by atoms with E-state index in [0.717, 1.165) is 18.4 Å². The lowest BCUT2D eigenvalue weighted by Gasteiger charge is -2.22. The van der Waals surface area contributed by atoms with Crippen LogP contribution in [0, 0.1) is 0 Å². The van der Waals surface area contributed by atoms with Crippen LogP contribution in [-0.4, -0.2) is 21.4 Å². The van der Waals surface area contributed by atoms with Crippen LogP contribution >= 0.6 is 11.3 Å². The summed E-state index contributed by atoms with van der Waals surface area (Å²) in [6.07, 6.45) is 2.32. The van der Waals surface area contributed by atoms with Gasteiger partial charge in [0.25, 0.3) is 5.56 Å². The van der Waals surface area contributed by atoms with Crippen molar-refractivity contribution in [1.82, 2.24) is 14.9 Å². The van der Waals surface area contributed by atoms with Gasteiger partial charge in [-0.25, -0.2) is 4.98 Å². The average molecular weight is 351 g/mol. The van der Waals surface area contributed by atoms with E-state index in [1.54, 1.807) is 11.3 Å². The largest absolute Gasteiger partial charge is 0.449 e. The van der Waals surface area contributed by atoms with Crippen LogP contribution in [0.5, 0.6) is 0 Å². The molecule has 4 heterocycles. The van der Waals surface area contributed by atoms with Crippen molar-refractivity contribution in [3.8, 4) is 0 Å². The number of nitrogens with zero attached hydrogens (tertiary/aromatic N) is 2. The number of hydrogen-bond donors (Lipinski definition) is 1. The molecule has 126 valence electrons. The quantitative estimate of drug-likeness (QED) is 0.604. The zero-order valence-electron chi connectivity index (χ0n) is 13.6. The molecule has 1 aromatic carbocycles. The molecule has 0 aliphatic carbocycles. The minimum Gasteiger partial charge on any atom is -0.449 e. The lowest BCUT2D eigenvalue weighted by atomic mass is 10.2. The van der Waals surface area contributed by atoms with E-state index in [1.165, 1.54) is 11.3 Å².